The van der Waals surface area contributed by atoms with E-state index in [1.54, 1.807) is 0 Å². The molecule has 0 aromatic rings. The minimum atomic E-state index is 0.0174. The van der Waals surface area contributed by atoms with Crippen molar-refractivity contribution in [2.45, 2.75) is 53.0 Å². The van der Waals surface area contributed by atoms with Gasteiger partial charge >= 0.3 is 0 Å². The first-order valence-corrected chi connectivity index (χ1v) is 7.42. The lowest BCUT2D eigenvalue weighted by atomic mass is 9.76. The van der Waals surface area contributed by atoms with Gasteiger partial charge in [-0.25, -0.2) is 0 Å². The van der Waals surface area contributed by atoms with Gasteiger partial charge in [-0.2, -0.15) is 0 Å². The molecule has 0 radical (unpaired) electrons. The second kappa shape index (κ2) is 5.20. The van der Waals surface area contributed by atoms with Gasteiger partial charge in [0.2, 0.25) is 5.91 Å². The highest BCUT2D eigenvalue weighted by atomic mass is 16.2. The Morgan fingerprint density at radius 1 is 1.22 bits per heavy atom. The molecule has 1 amide bonds. The van der Waals surface area contributed by atoms with E-state index in [2.05, 4.69) is 37.9 Å². The maximum absolute atomic E-state index is 12.7. The summed E-state index contributed by atoms with van der Waals surface area (Å²) in [5, 5.41) is 3.44. The van der Waals surface area contributed by atoms with Crippen LogP contribution in [0.15, 0.2) is 0 Å². The van der Waals surface area contributed by atoms with E-state index < -0.39 is 0 Å². The Balaban J connectivity index is 2.05. The van der Waals surface area contributed by atoms with E-state index in [0.717, 1.165) is 26.1 Å². The Hall–Kier alpha value is -0.570. The lowest BCUT2D eigenvalue weighted by Crippen LogP contribution is -2.58. The molecule has 3 nitrogen and oxygen atoms in total. The largest absolute Gasteiger partial charge is 0.341 e. The van der Waals surface area contributed by atoms with Gasteiger partial charge < -0.3 is 10.2 Å². The maximum Gasteiger partial charge on any atom is 0.240 e. The van der Waals surface area contributed by atoms with Gasteiger partial charge in [0.05, 0.1) is 6.04 Å². The minimum Gasteiger partial charge on any atom is -0.341 e. The van der Waals surface area contributed by atoms with Crippen molar-refractivity contribution in [2.24, 2.45) is 17.3 Å². The Bertz CT molecular complexity index is 304. The van der Waals surface area contributed by atoms with Crippen LogP contribution in [-0.4, -0.2) is 36.5 Å². The molecule has 2 rings (SSSR count). The predicted molar refractivity (Wildman–Crippen MR) is 74.3 cm³/mol. The van der Waals surface area contributed by atoms with Crippen molar-refractivity contribution in [3.05, 3.63) is 0 Å². The highest BCUT2D eigenvalue weighted by Gasteiger charge is 2.40. The Morgan fingerprint density at radius 3 is 2.39 bits per heavy atom. The van der Waals surface area contributed by atoms with Gasteiger partial charge in [0.15, 0.2) is 0 Å². The van der Waals surface area contributed by atoms with Crippen LogP contribution in [0.1, 0.15) is 47.0 Å². The van der Waals surface area contributed by atoms with Gasteiger partial charge in [-0.1, -0.05) is 27.7 Å². The molecule has 0 saturated carbocycles. The van der Waals surface area contributed by atoms with Gasteiger partial charge in [0, 0.05) is 13.1 Å². The summed E-state index contributed by atoms with van der Waals surface area (Å²) in [6, 6.07) is 0.0174. The molecule has 2 heterocycles. The Labute approximate surface area is 111 Å². The third kappa shape index (κ3) is 2.87. The quantitative estimate of drug-likeness (QED) is 0.776. The van der Waals surface area contributed by atoms with E-state index in [1.165, 1.54) is 12.8 Å². The average molecular weight is 252 g/mol. The van der Waals surface area contributed by atoms with Crippen molar-refractivity contribution in [2.75, 3.05) is 19.6 Å². The zero-order valence-corrected chi connectivity index (χ0v) is 12.3. The van der Waals surface area contributed by atoms with Gasteiger partial charge in [0.1, 0.15) is 0 Å². The number of hydrogen-bond donors (Lipinski definition) is 1. The molecule has 3 heteroatoms. The first-order valence-electron chi connectivity index (χ1n) is 7.42. The molecular weight excluding hydrogens is 224 g/mol. The van der Waals surface area contributed by atoms with Gasteiger partial charge in [-0.05, 0) is 43.1 Å². The van der Waals surface area contributed by atoms with Crippen molar-refractivity contribution >= 4 is 5.91 Å². The van der Waals surface area contributed by atoms with Crippen LogP contribution < -0.4 is 5.32 Å². The number of nitrogens with zero attached hydrogens (tertiary/aromatic N) is 1. The second-order valence-electron chi connectivity index (χ2n) is 7.17. The summed E-state index contributed by atoms with van der Waals surface area (Å²) in [6.07, 6.45) is 3.59. The van der Waals surface area contributed by atoms with E-state index >= 15 is 0 Å². The zero-order chi connectivity index (χ0) is 13.3. The molecule has 1 N–H and O–H groups in total. The maximum atomic E-state index is 12.7. The van der Waals surface area contributed by atoms with Crippen LogP contribution in [0.5, 0.6) is 0 Å². The van der Waals surface area contributed by atoms with Crippen molar-refractivity contribution in [3.8, 4) is 0 Å². The SMILES string of the molecule is CC1CC(C)CN(C(=O)C2NCCCC2(C)C)C1. The fourth-order valence-electron chi connectivity index (χ4n) is 3.66. The number of carbonyl (C=O) groups is 1. The van der Waals surface area contributed by atoms with Crippen molar-refractivity contribution in [1.29, 1.82) is 0 Å². The summed E-state index contributed by atoms with van der Waals surface area (Å²) in [4.78, 5) is 14.8. The summed E-state index contributed by atoms with van der Waals surface area (Å²) in [6.45, 7) is 11.8. The molecule has 3 unspecified atom stereocenters. The van der Waals surface area contributed by atoms with Crippen LogP contribution in [0, 0.1) is 17.3 Å². The molecule has 0 aliphatic carbocycles. The van der Waals surface area contributed by atoms with E-state index in [9.17, 15) is 4.79 Å². The number of piperidine rings is 2. The lowest BCUT2D eigenvalue weighted by Gasteiger charge is -2.43. The molecule has 0 aromatic heterocycles. The second-order valence-corrected chi connectivity index (χ2v) is 7.17. The van der Waals surface area contributed by atoms with Crippen LogP contribution in [0.4, 0.5) is 0 Å². The summed E-state index contributed by atoms with van der Waals surface area (Å²) in [5.41, 5.74) is 0.0965. The first-order chi connectivity index (χ1) is 8.40. The standard InChI is InChI=1S/C15H28N2O/c1-11-8-12(2)10-17(9-11)14(18)13-15(3,4)6-5-7-16-13/h11-13,16H,5-10H2,1-4H3. The molecule has 2 fully saturated rings. The smallest absolute Gasteiger partial charge is 0.240 e. The molecule has 3 atom stereocenters. The summed E-state index contributed by atoms with van der Waals surface area (Å²) in [5.74, 6) is 1.62. The normalized spacial score (nSPS) is 36.4. The van der Waals surface area contributed by atoms with Crippen molar-refractivity contribution < 1.29 is 4.79 Å². The average Bonchev–Trinajstić information content (AvgIpc) is 2.26. The van der Waals surface area contributed by atoms with Gasteiger partial charge in [-0.15, -0.1) is 0 Å². The number of nitrogens with one attached hydrogen (secondary N) is 1. The zero-order valence-electron chi connectivity index (χ0n) is 12.3. The number of likely N-dealkylation sites (tertiary alicyclic amines) is 1. The van der Waals surface area contributed by atoms with Crippen LogP contribution >= 0.6 is 0 Å². The third-order valence-electron chi connectivity index (χ3n) is 4.56. The molecule has 18 heavy (non-hydrogen) atoms. The summed E-state index contributed by atoms with van der Waals surface area (Å²) >= 11 is 0. The molecule has 2 aliphatic heterocycles. The molecule has 104 valence electrons. The molecule has 0 spiro atoms. The van der Waals surface area contributed by atoms with Gasteiger partial charge in [0.25, 0.3) is 0 Å². The first kappa shape index (κ1) is 13.9. The summed E-state index contributed by atoms with van der Waals surface area (Å²) in [7, 11) is 0. The third-order valence-corrected chi connectivity index (χ3v) is 4.56. The Morgan fingerprint density at radius 2 is 1.83 bits per heavy atom. The minimum absolute atomic E-state index is 0.0174. The van der Waals surface area contributed by atoms with Crippen molar-refractivity contribution in [1.82, 2.24) is 10.2 Å². The molecule has 0 aromatic carbocycles. The molecule has 0 bridgehead atoms. The fraction of sp³-hybridized carbons (Fsp3) is 0.933. The van der Waals surface area contributed by atoms with Crippen molar-refractivity contribution in [3.63, 3.8) is 0 Å². The Kier molecular flexibility index (Phi) is 4.00. The van der Waals surface area contributed by atoms with Crippen LogP contribution in [0.25, 0.3) is 0 Å². The fourth-order valence-corrected chi connectivity index (χ4v) is 3.66. The van der Waals surface area contributed by atoms with Crippen LogP contribution in [0.2, 0.25) is 0 Å². The number of carbonyl (C=O) groups excluding carboxylic acids is 1. The monoisotopic (exact) mass is 252 g/mol. The van der Waals surface area contributed by atoms with E-state index in [4.69, 9.17) is 0 Å². The number of rotatable bonds is 1. The highest BCUT2D eigenvalue weighted by molar-refractivity contribution is 5.83. The number of hydrogen-bond acceptors (Lipinski definition) is 2. The molecule has 2 saturated heterocycles. The van der Waals surface area contributed by atoms with Crippen LogP contribution in [0.3, 0.4) is 0 Å². The van der Waals surface area contributed by atoms with Crippen LogP contribution in [-0.2, 0) is 4.79 Å². The molecular formula is C15H28N2O. The predicted octanol–water partition coefficient (Wildman–Crippen LogP) is 2.27. The van der Waals surface area contributed by atoms with E-state index in [-0.39, 0.29) is 11.5 Å². The van der Waals surface area contributed by atoms with E-state index in [0.29, 0.717) is 17.7 Å². The van der Waals surface area contributed by atoms with E-state index in [1.807, 2.05) is 0 Å². The topological polar surface area (TPSA) is 32.3 Å². The number of amides is 1. The van der Waals surface area contributed by atoms with Gasteiger partial charge in [-0.3, -0.25) is 4.79 Å². The molecule has 2 aliphatic rings. The highest BCUT2D eigenvalue weighted by Crippen LogP contribution is 2.32. The lowest BCUT2D eigenvalue weighted by molar-refractivity contribution is -0.140. The summed E-state index contributed by atoms with van der Waals surface area (Å²) < 4.78 is 0.